The Labute approximate surface area is 183 Å². The van der Waals surface area contributed by atoms with Gasteiger partial charge < -0.3 is 25.7 Å². The largest absolute Gasteiger partial charge is 0.457 e. The quantitative estimate of drug-likeness (QED) is 0.271. The zero-order chi connectivity index (χ0) is 22.5. The van der Waals surface area contributed by atoms with Crippen molar-refractivity contribution < 1.29 is 35.3 Å². The Balaban J connectivity index is 1.87. The van der Waals surface area contributed by atoms with E-state index in [1.807, 2.05) is 60.7 Å². The third-order valence-electron chi connectivity index (χ3n) is 4.55. The highest BCUT2D eigenvalue weighted by atomic mass is 16.6. The molecule has 0 saturated carbocycles. The van der Waals surface area contributed by atoms with Gasteiger partial charge in [-0.2, -0.15) is 0 Å². The first-order valence-electron chi connectivity index (χ1n) is 10.3. The van der Waals surface area contributed by atoms with Crippen molar-refractivity contribution >= 4 is 11.9 Å². The standard InChI is InChI=1S/C24H30N2O5/c1-2-13-29-16-20(31-24(28)22(26)15-19-11-7-4-8-12-19)17-30-23(27)21(25)14-18-9-5-3-6-10-18/h2-12,20-22H,1,13-17,25-26H2/p+2/t20?,21-,22-/m0/s1. The maximum atomic E-state index is 12.5. The van der Waals surface area contributed by atoms with E-state index in [0.29, 0.717) is 19.4 Å². The van der Waals surface area contributed by atoms with Gasteiger partial charge in [0.05, 0.1) is 13.2 Å². The number of hydrogen-bond acceptors (Lipinski definition) is 5. The van der Waals surface area contributed by atoms with Crippen LogP contribution in [0.3, 0.4) is 0 Å². The Hall–Kier alpha value is -3.00. The van der Waals surface area contributed by atoms with Gasteiger partial charge in [-0.3, -0.25) is 0 Å². The average Bonchev–Trinajstić information content (AvgIpc) is 2.78. The normalized spacial score (nSPS) is 13.6. The second kappa shape index (κ2) is 13.3. The van der Waals surface area contributed by atoms with Gasteiger partial charge in [0, 0.05) is 12.8 Å². The van der Waals surface area contributed by atoms with Crippen molar-refractivity contribution in [3.63, 3.8) is 0 Å². The van der Waals surface area contributed by atoms with Crippen molar-refractivity contribution in [2.24, 2.45) is 0 Å². The van der Waals surface area contributed by atoms with Crippen LogP contribution < -0.4 is 11.5 Å². The van der Waals surface area contributed by atoms with E-state index in [0.717, 1.165) is 11.1 Å². The van der Waals surface area contributed by atoms with E-state index in [1.165, 1.54) is 0 Å². The van der Waals surface area contributed by atoms with Crippen molar-refractivity contribution in [3.8, 4) is 0 Å². The molecular formula is C24H32N2O5+2. The molecule has 7 heteroatoms. The number of esters is 2. The van der Waals surface area contributed by atoms with E-state index < -0.39 is 30.1 Å². The molecule has 0 radical (unpaired) electrons. The predicted molar refractivity (Wildman–Crippen MR) is 115 cm³/mol. The summed E-state index contributed by atoms with van der Waals surface area (Å²) < 4.78 is 16.3. The number of quaternary nitrogens is 2. The third-order valence-corrected chi connectivity index (χ3v) is 4.55. The van der Waals surface area contributed by atoms with Crippen LogP contribution in [-0.2, 0) is 36.6 Å². The van der Waals surface area contributed by atoms with E-state index in [-0.39, 0.29) is 13.2 Å². The first-order valence-corrected chi connectivity index (χ1v) is 10.3. The Morgan fingerprint density at radius 2 is 1.35 bits per heavy atom. The van der Waals surface area contributed by atoms with Gasteiger partial charge in [0.1, 0.15) is 6.61 Å². The smallest absolute Gasteiger partial charge is 0.365 e. The minimum absolute atomic E-state index is 0.0869. The average molecular weight is 429 g/mol. The second-order valence-electron chi connectivity index (χ2n) is 7.29. The van der Waals surface area contributed by atoms with Crippen LogP contribution in [0.5, 0.6) is 0 Å². The second-order valence-corrected chi connectivity index (χ2v) is 7.29. The van der Waals surface area contributed by atoms with E-state index in [9.17, 15) is 9.59 Å². The van der Waals surface area contributed by atoms with Crippen molar-refractivity contribution in [1.82, 2.24) is 0 Å². The molecule has 0 aliphatic carbocycles. The van der Waals surface area contributed by atoms with Crippen LogP contribution in [0.2, 0.25) is 0 Å². The fourth-order valence-electron chi connectivity index (χ4n) is 2.92. The zero-order valence-electron chi connectivity index (χ0n) is 17.8. The topological polar surface area (TPSA) is 117 Å². The summed E-state index contributed by atoms with van der Waals surface area (Å²) in [7, 11) is 0. The van der Waals surface area contributed by atoms with Crippen molar-refractivity contribution in [3.05, 3.63) is 84.4 Å². The summed E-state index contributed by atoms with van der Waals surface area (Å²) in [4.78, 5) is 24.8. The molecule has 2 aromatic rings. The Kier molecular flexibility index (Phi) is 10.4. The van der Waals surface area contributed by atoms with Gasteiger partial charge >= 0.3 is 11.9 Å². The molecule has 31 heavy (non-hydrogen) atoms. The Morgan fingerprint density at radius 1 is 0.839 bits per heavy atom. The Bertz CT molecular complexity index is 813. The molecule has 0 bridgehead atoms. The maximum absolute atomic E-state index is 12.5. The molecule has 3 atom stereocenters. The highest BCUT2D eigenvalue weighted by molar-refractivity contribution is 5.75. The number of carbonyl (C=O) groups is 2. The molecular weight excluding hydrogens is 396 g/mol. The highest BCUT2D eigenvalue weighted by Crippen LogP contribution is 2.06. The molecule has 0 spiro atoms. The van der Waals surface area contributed by atoms with Gasteiger partial charge in [-0.15, -0.1) is 6.58 Å². The summed E-state index contributed by atoms with van der Waals surface area (Å²) in [6, 6.07) is 18.0. The van der Waals surface area contributed by atoms with E-state index >= 15 is 0 Å². The maximum Gasteiger partial charge on any atom is 0.365 e. The van der Waals surface area contributed by atoms with E-state index in [4.69, 9.17) is 14.2 Å². The minimum Gasteiger partial charge on any atom is -0.457 e. The molecule has 2 aromatic carbocycles. The fraction of sp³-hybridized carbons (Fsp3) is 0.333. The SMILES string of the molecule is C=CCOCC(COC(=O)[C@@H]([NH3+])Cc1ccccc1)OC(=O)[C@@H]([NH3+])Cc1ccccc1. The minimum atomic E-state index is -0.736. The van der Waals surface area contributed by atoms with Crippen LogP contribution in [0, 0.1) is 0 Å². The lowest BCUT2D eigenvalue weighted by Gasteiger charge is -2.19. The van der Waals surface area contributed by atoms with Crippen LogP contribution >= 0.6 is 0 Å². The summed E-state index contributed by atoms with van der Waals surface area (Å²) in [6.45, 7) is 3.87. The number of hydrogen-bond donors (Lipinski definition) is 2. The van der Waals surface area contributed by atoms with Crippen molar-refractivity contribution in [2.75, 3.05) is 19.8 Å². The molecule has 6 N–H and O–H groups in total. The predicted octanol–water partition coefficient (Wildman–Crippen LogP) is 0.350. The first-order chi connectivity index (χ1) is 15.0. The van der Waals surface area contributed by atoms with E-state index in [2.05, 4.69) is 18.0 Å². The molecule has 0 aromatic heterocycles. The van der Waals surface area contributed by atoms with E-state index in [1.54, 1.807) is 6.08 Å². The molecule has 0 saturated heterocycles. The van der Waals surface area contributed by atoms with Gasteiger partial charge in [0.2, 0.25) is 0 Å². The van der Waals surface area contributed by atoms with Gasteiger partial charge in [-0.1, -0.05) is 66.7 Å². The highest BCUT2D eigenvalue weighted by Gasteiger charge is 2.26. The molecule has 0 heterocycles. The monoisotopic (exact) mass is 428 g/mol. The number of ether oxygens (including phenoxy) is 3. The number of benzene rings is 2. The number of rotatable bonds is 13. The lowest BCUT2D eigenvalue weighted by molar-refractivity contribution is -0.410. The molecule has 1 unspecified atom stereocenters. The molecule has 0 fully saturated rings. The summed E-state index contributed by atoms with van der Waals surface area (Å²) in [5.41, 5.74) is 9.78. The lowest BCUT2D eigenvalue weighted by atomic mass is 10.1. The third kappa shape index (κ3) is 9.13. The van der Waals surface area contributed by atoms with Crippen LogP contribution in [0.15, 0.2) is 73.3 Å². The van der Waals surface area contributed by atoms with Crippen molar-refractivity contribution in [1.29, 1.82) is 0 Å². The molecule has 166 valence electrons. The van der Waals surface area contributed by atoms with Crippen LogP contribution in [0.1, 0.15) is 11.1 Å². The van der Waals surface area contributed by atoms with Gasteiger partial charge in [-0.25, -0.2) is 9.59 Å². The van der Waals surface area contributed by atoms with Crippen LogP contribution in [0.25, 0.3) is 0 Å². The molecule has 2 rings (SSSR count). The summed E-state index contributed by atoms with van der Waals surface area (Å²) >= 11 is 0. The molecule has 0 aliphatic heterocycles. The fourth-order valence-corrected chi connectivity index (χ4v) is 2.92. The zero-order valence-corrected chi connectivity index (χ0v) is 17.8. The summed E-state index contributed by atoms with van der Waals surface area (Å²) in [6.07, 6.45) is 1.78. The lowest BCUT2D eigenvalue weighted by Crippen LogP contribution is -2.67. The molecule has 7 nitrogen and oxygen atoms in total. The van der Waals surface area contributed by atoms with Crippen molar-refractivity contribution in [2.45, 2.75) is 31.0 Å². The number of carbonyl (C=O) groups excluding carboxylic acids is 2. The van der Waals surface area contributed by atoms with Crippen LogP contribution in [-0.4, -0.2) is 49.9 Å². The molecule has 0 amide bonds. The summed E-state index contributed by atoms with van der Waals surface area (Å²) in [5, 5.41) is 0. The van der Waals surface area contributed by atoms with Gasteiger partial charge in [0.15, 0.2) is 18.2 Å². The first kappa shape index (κ1) is 24.3. The summed E-state index contributed by atoms with van der Waals surface area (Å²) in [5.74, 6) is -0.924. The van der Waals surface area contributed by atoms with Crippen LogP contribution in [0.4, 0.5) is 0 Å². The molecule has 0 aliphatic rings. The van der Waals surface area contributed by atoms with Gasteiger partial charge in [-0.05, 0) is 11.1 Å². The van der Waals surface area contributed by atoms with Gasteiger partial charge in [0.25, 0.3) is 0 Å². The Morgan fingerprint density at radius 3 is 1.87 bits per heavy atom.